The molecular weight excluding hydrogens is 252 g/mol. The number of ether oxygens (including phenoxy) is 2. The molecule has 1 aromatic rings. The molecule has 0 saturated carbocycles. The predicted octanol–water partition coefficient (Wildman–Crippen LogP) is 3.14. The molecule has 0 saturated heterocycles. The molecule has 0 amide bonds. The monoisotopic (exact) mass is 276 g/mol. The van der Waals surface area contributed by atoms with Crippen molar-refractivity contribution in [3.63, 3.8) is 0 Å². The average molecular weight is 276 g/mol. The van der Waals surface area contributed by atoms with Crippen molar-refractivity contribution in [3.05, 3.63) is 24.3 Å². The van der Waals surface area contributed by atoms with E-state index in [-0.39, 0.29) is 0 Å². The number of hydrogen-bond acceptors (Lipinski definition) is 4. The number of nitriles is 1. The molecule has 1 atom stereocenters. The van der Waals surface area contributed by atoms with Crippen molar-refractivity contribution >= 4 is 0 Å². The van der Waals surface area contributed by atoms with E-state index in [2.05, 4.69) is 11.4 Å². The maximum absolute atomic E-state index is 9.04. The highest BCUT2D eigenvalue weighted by atomic mass is 16.5. The Morgan fingerprint density at radius 2 is 1.95 bits per heavy atom. The lowest BCUT2D eigenvalue weighted by atomic mass is 9.97. The van der Waals surface area contributed by atoms with Crippen LogP contribution in [0.5, 0.6) is 11.5 Å². The summed E-state index contributed by atoms with van der Waals surface area (Å²) in [7, 11) is 1.82. The molecule has 0 aliphatic rings. The average Bonchev–Trinajstić information content (AvgIpc) is 2.47. The maximum atomic E-state index is 9.04. The van der Waals surface area contributed by atoms with Crippen molar-refractivity contribution in [2.45, 2.75) is 38.6 Å². The minimum Gasteiger partial charge on any atom is -0.494 e. The highest BCUT2D eigenvalue weighted by molar-refractivity contribution is 5.32. The summed E-state index contributed by atoms with van der Waals surface area (Å²) in [6.45, 7) is 5.18. The zero-order valence-corrected chi connectivity index (χ0v) is 12.6. The lowest BCUT2D eigenvalue weighted by Crippen LogP contribution is -2.37. The van der Waals surface area contributed by atoms with E-state index >= 15 is 0 Å². The first-order valence-electron chi connectivity index (χ1n) is 7.09. The Balaban J connectivity index is 2.28. The molecule has 4 nitrogen and oxygen atoms in total. The summed E-state index contributed by atoms with van der Waals surface area (Å²) in [5.41, 5.74) is -0.436. The third kappa shape index (κ3) is 5.50. The van der Waals surface area contributed by atoms with Crippen LogP contribution in [-0.2, 0) is 0 Å². The molecule has 1 rings (SSSR count). The van der Waals surface area contributed by atoms with Gasteiger partial charge in [-0.1, -0.05) is 6.07 Å². The van der Waals surface area contributed by atoms with E-state index in [0.717, 1.165) is 30.8 Å². The van der Waals surface area contributed by atoms with E-state index in [1.54, 1.807) is 0 Å². The highest BCUT2D eigenvalue weighted by Gasteiger charge is 2.19. The normalized spacial score (nSPS) is 13.3. The molecule has 0 spiro atoms. The molecule has 1 unspecified atom stereocenters. The first-order chi connectivity index (χ1) is 9.63. The standard InChI is InChI=1S/C16H24N2O2/c1-4-19-14-8-7-9-15(12-14)20-11-6-5-10-16(2,13-17)18-3/h7-9,12,18H,4-6,10-11H2,1-3H3. The fourth-order valence-corrected chi connectivity index (χ4v) is 1.83. The van der Waals surface area contributed by atoms with Crippen molar-refractivity contribution < 1.29 is 9.47 Å². The third-order valence-corrected chi connectivity index (χ3v) is 3.25. The largest absolute Gasteiger partial charge is 0.494 e. The number of nitrogens with one attached hydrogen (secondary N) is 1. The smallest absolute Gasteiger partial charge is 0.122 e. The summed E-state index contributed by atoms with van der Waals surface area (Å²) in [6.07, 6.45) is 2.70. The van der Waals surface area contributed by atoms with Crippen LogP contribution in [0, 0.1) is 11.3 Å². The van der Waals surface area contributed by atoms with Crippen LogP contribution in [0.1, 0.15) is 33.1 Å². The molecular formula is C16H24N2O2. The first-order valence-corrected chi connectivity index (χ1v) is 7.09. The van der Waals surface area contributed by atoms with Gasteiger partial charge in [0.2, 0.25) is 0 Å². The van der Waals surface area contributed by atoms with Crippen LogP contribution in [0.15, 0.2) is 24.3 Å². The fraction of sp³-hybridized carbons (Fsp3) is 0.562. The number of nitrogens with zero attached hydrogens (tertiary/aromatic N) is 1. The zero-order valence-electron chi connectivity index (χ0n) is 12.6. The second-order valence-electron chi connectivity index (χ2n) is 4.91. The maximum Gasteiger partial charge on any atom is 0.122 e. The molecule has 1 N–H and O–H groups in total. The second-order valence-corrected chi connectivity index (χ2v) is 4.91. The molecule has 1 aromatic carbocycles. The SMILES string of the molecule is CCOc1cccc(OCCCCC(C)(C#N)NC)c1. The van der Waals surface area contributed by atoms with Gasteiger partial charge in [-0.05, 0) is 52.3 Å². The lowest BCUT2D eigenvalue weighted by molar-refractivity contribution is 0.293. The summed E-state index contributed by atoms with van der Waals surface area (Å²) in [6, 6.07) is 9.96. The van der Waals surface area contributed by atoms with Crippen molar-refractivity contribution in [2.24, 2.45) is 0 Å². The molecule has 0 bridgehead atoms. The zero-order chi connectivity index (χ0) is 14.8. The quantitative estimate of drug-likeness (QED) is 0.704. The predicted molar refractivity (Wildman–Crippen MR) is 80.0 cm³/mol. The summed E-state index contributed by atoms with van der Waals surface area (Å²) >= 11 is 0. The van der Waals surface area contributed by atoms with Crippen molar-refractivity contribution in [1.29, 1.82) is 5.26 Å². The van der Waals surface area contributed by atoms with Gasteiger partial charge in [-0.3, -0.25) is 0 Å². The van der Waals surface area contributed by atoms with Crippen LogP contribution in [0.25, 0.3) is 0 Å². The second kappa shape index (κ2) is 8.44. The lowest BCUT2D eigenvalue weighted by Gasteiger charge is -2.20. The highest BCUT2D eigenvalue weighted by Crippen LogP contribution is 2.20. The van der Waals surface area contributed by atoms with Gasteiger partial charge in [0.15, 0.2) is 0 Å². The van der Waals surface area contributed by atoms with Gasteiger partial charge in [0, 0.05) is 6.07 Å². The van der Waals surface area contributed by atoms with E-state index in [4.69, 9.17) is 14.7 Å². The van der Waals surface area contributed by atoms with Gasteiger partial charge in [-0.15, -0.1) is 0 Å². The van der Waals surface area contributed by atoms with Crippen LogP contribution in [0.2, 0.25) is 0 Å². The Morgan fingerprint density at radius 3 is 2.55 bits per heavy atom. The molecule has 0 fully saturated rings. The number of benzene rings is 1. The Hall–Kier alpha value is -1.73. The minimum absolute atomic E-state index is 0.436. The van der Waals surface area contributed by atoms with Crippen molar-refractivity contribution in [2.75, 3.05) is 20.3 Å². The van der Waals surface area contributed by atoms with E-state index in [1.807, 2.05) is 45.2 Å². The molecule has 0 radical (unpaired) electrons. The van der Waals surface area contributed by atoms with Gasteiger partial charge >= 0.3 is 0 Å². The van der Waals surface area contributed by atoms with Gasteiger partial charge in [-0.2, -0.15) is 5.26 Å². The Morgan fingerprint density at radius 1 is 1.25 bits per heavy atom. The van der Waals surface area contributed by atoms with E-state index < -0.39 is 5.54 Å². The van der Waals surface area contributed by atoms with Crippen LogP contribution in [0.4, 0.5) is 0 Å². The van der Waals surface area contributed by atoms with E-state index in [0.29, 0.717) is 13.2 Å². The van der Waals surface area contributed by atoms with Crippen molar-refractivity contribution in [3.8, 4) is 17.6 Å². The minimum atomic E-state index is -0.436. The van der Waals surface area contributed by atoms with Crippen LogP contribution < -0.4 is 14.8 Å². The topological polar surface area (TPSA) is 54.3 Å². The number of hydrogen-bond donors (Lipinski definition) is 1. The van der Waals surface area contributed by atoms with Gasteiger partial charge in [0.05, 0.1) is 19.3 Å². The van der Waals surface area contributed by atoms with Gasteiger partial charge in [0.1, 0.15) is 17.0 Å². The van der Waals surface area contributed by atoms with Gasteiger partial charge < -0.3 is 14.8 Å². The Kier molecular flexibility index (Phi) is 6.89. The number of unbranched alkanes of at least 4 members (excludes halogenated alkanes) is 1. The summed E-state index contributed by atoms with van der Waals surface area (Å²) in [4.78, 5) is 0. The molecule has 0 aromatic heterocycles. The summed E-state index contributed by atoms with van der Waals surface area (Å²) in [5.74, 6) is 1.66. The Bertz CT molecular complexity index is 442. The summed E-state index contributed by atoms with van der Waals surface area (Å²) in [5, 5.41) is 12.1. The van der Waals surface area contributed by atoms with Crippen molar-refractivity contribution in [1.82, 2.24) is 5.32 Å². The molecule has 110 valence electrons. The van der Waals surface area contributed by atoms with Crippen LogP contribution in [0.3, 0.4) is 0 Å². The molecule has 0 aliphatic carbocycles. The molecule has 0 heterocycles. The van der Waals surface area contributed by atoms with Gasteiger partial charge in [0.25, 0.3) is 0 Å². The van der Waals surface area contributed by atoms with Crippen LogP contribution >= 0.6 is 0 Å². The molecule has 4 heteroatoms. The molecule has 0 aliphatic heterocycles. The first kappa shape index (κ1) is 16.3. The van der Waals surface area contributed by atoms with E-state index in [9.17, 15) is 0 Å². The fourth-order valence-electron chi connectivity index (χ4n) is 1.83. The van der Waals surface area contributed by atoms with Gasteiger partial charge in [-0.25, -0.2) is 0 Å². The van der Waals surface area contributed by atoms with E-state index in [1.165, 1.54) is 0 Å². The third-order valence-electron chi connectivity index (χ3n) is 3.25. The summed E-state index contributed by atoms with van der Waals surface area (Å²) < 4.78 is 11.1. The number of rotatable bonds is 9. The molecule has 20 heavy (non-hydrogen) atoms. The van der Waals surface area contributed by atoms with Crippen LogP contribution in [-0.4, -0.2) is 25.8 Å². The Labute approximate surface area is 121 Å².